The number of amides is 2. The van der Waals surface area contributed by atoms with Crippen LogP contribution in [-0.4, -0.2) is 34.7 Å². The lowest BCUT2D eigenvalue weighted by Crippen LogP contribution is -2.42. The third kappa shape index (κ3) is 5.54. The second kappa shape index (κ2) is 10.1. The number of hydrogen-bond donors (Lipinski definition) is 0. The zero-order valence-electron chi connectivity index (χ0n) is 16.8. The zero-order valence-corrected chi connectivity index (χ0v) is 19.2. The van der Waals surface area contributed by atoms with E-state index in [4.69, 9.17) is 9.47 Å². The van der Waals surface area contributed by atoms with Gasteiger partial charge in [-0.25, -0.2) is 9.18 Å². The molecule has 0 N–H and O–H groups in total. The first-order chi connectivity index (χ1) is 14.8. The van der Waals surface area contributed by atoms with E-state index in [0.29, 0.717) is 21.3 Å². The molecule has 162 valence electrons. The van der Waals surface area contributed by atoms with Gasteiger partial charge in [-0.2, -0.15) is 0 Å². The quantitative estimate of drug-likeness (QED) is 0.380. The van der Waals surface area contributed by atoms with Crippen LogP contribution in [0.25, 0.3) is 6.08 Å². The van der Waals surface area contributed by atoms with E-state index in [-0.39, 0.29) is 23.9 Å². The van der Waals surface area contributed by atoms with E-state index in [9.17, 15) is 18.8 Å². The van der Waals surface area contributed by atoms with Crippen molar-refractivity contribution in [3.63, 3.8) is 0 Å². The molecule has 1 saturated heterocycles. The van der Waals surface area contributed by atoms with Gasteiger partial charge >= 0.3 is 5.97 Å². The summed E-state index contributed by atoms with van der Waals surface area (Å²) in [6.45, 7) is 3.47. The Balaban J connectivity index is 1.72. The maximum atomic E-state index is 13.3. The Morgan fingerprint density at radius 1 is 1.26 bits per heavy atom. The van der Waals surface area contributed by atoms with Gasteiger partial charge in [0.2, 0.25) is 0 Å². The smallest absolute Gasteiger partial charge is 0.329 e. The summed E-state index contributed by atoms with van der Waals surface area (Å²) in [5.74, 6) is -0.959. The van der Waals surface area contributed by atoms with Gasteiger partial charge in [-0.15, -0.1) is 0 Å². The monoisotopic (exact) mass is 507 g/mol. The topological polar surface area (TPSA) is 72.9 Å². The number of thioether (sulfide) groups is 1. The van der Waals surface area contributed by atoms with Gasteiger partial charge in [-0.05, 0) is 83.0 Å². The van der Waals surface area contributed by atoms with Gasteiger partial charge in [-0.3, -0.25) is 14.5 Å². The van der Waals surface area contributed by atoms with Crippen LogP contribution in [0.3, 0.4) is 0 Å². The number of nitrogens with zero attached hydrogens (tertiary/aromatic N) is 1. The van der Waals surface area contributed by atoms with Crippen LogP contribution < -0.4 is 4.74 Å². The fourth-order valence-corrected chi connectivity index (χ4v) is 4.26. The summed E-state index contributed by atoms with van der Waals surface area (Å²) in [6.07, 6.45) is 1.57. The molecule has 0 bridgehead atoms. The van der Waals surface area contributed by atoms with E-state index >= 15 is 0 Å². The number of carbonyl (C=O) groups is 3. The van der Waals surface area contributed by atoms with Gasteiger partial charge in [0.25, 0.3) is 11.1 Å². The molecule has 3 rings (SSSR count). The minimum atomic E-state index is -0.997. The molecule has 6 nitrogen and oxygen atoms in total. The number of hydrogen-bond acceptors (Lipinski definition) is 6. The second-order valence-electron chi connectivity index (χ2n) is 6.59. The molecule has 0 aliphatic carbocycles. The van der Waals surface area contributed by atoms with Crippen LogP contribution in [0.15, 0.2) is 51.8 Å². The average molecular weight is 508 g/mol. The fourth-order valence-electron chi connectivity index (χ4n) is 2.85. The molecular weight excluding hydrogens is 489 g/mol. The van der Waals surface area contributed by atoms with Gasteiger partial charge in [0.05, 0.1) is 16.0 Å². The summed E-state index contributed by atoms with van der Waals surface area (Å²) < 4.78 is 24.5. The van der Waals surface area contributed by atoms with Crippen molar-refractivity contribution >= 4 is 50.9 Å². The number of benzene rings is 2. The zero-order chi connectivity index (χ0) is 22.5. The predicted octanol–water partition coefficient (Wildman–Crippen LogP) is 5.16. The molecule has 2 amide bonds. The van der Waals surface area contributed by atoms with Gasteiger partial charge in [-0.1, -0.05) is 18.2 Å². The van der Waals surface area contributed by atoms with Crippen molar-refractivity contribution in [2.45, 2.75) is 26.5 Å². The van der Waals surface area contributed by atoms with Gasteiger partial charge < -0.3 is 9.47 Å². The van der Waals surface area contributed by atoms with Crippen LogP contribution in [-0.2, 0) is 20.9 Å². The highest BCUT2D eigenvalue weighted by atomic mass is 79.9. The van der Waals surface area contributed by atoms with Crippen LogP contribution in [0, 0.1) is 5.82 Å². The molecule has 1 fully saturated rings. The molecule has 2 aromatic carbocycles. The molecule has 9 heteroatoms. The minimum Gasteiger partial charge on any atom is -0.488 e. The van der Waals surface area contributed by atoms with Crippen LogP contribution in [0.4, 0.5) is 9.18 Å². The molecular formula is C22H19BrFNO5S. The Kier molecular flexibility index (Phi) is 7.50. The third-order valence-corrected chi connectivity index (χ3v) is 5.88. The Bertz CT molecular complexity index is 1060. The number of carbonyl (C=O) groups excluding carboxylic acids is 3. The number of imide groups is 1. The van der Waals surface area contributed by atoms with Gasteiger partial charge in [0, 0.05) is 0 Å². The lowest BCUT2D eigenvalue weighted by molar-refractivity contribution is -0.150. The van der Waals surface area contributed by atoms with E-state index in [1.807, 2.05) is 0 Å². The molecule has 0 aromatic heterocycles. The largest absolute Gasteiger partial charge is 0.488 e. The summed E-state index contributed by atoms with van der Waals surface area (Å²) in [4.78, 5) is 37.9. The van der Waals surface area contributed by atoms with Gasteiger partial charge in [0.1, 0.15) is 24.2 Å². The van der Waals surface area contributed by atoms with Crippen LogP contribution in [0.5, 0.6) is 5.75 Å². The normalized spacial score (nSPS) is 16.0. The van der Waals surface area contributed by atoms with Crippen molar-refractivity contribution in [3.8, 4) is 5.75 Å². The molecule has 0 radical (unpaired) electrons. The van der Waals surface area contributed by atoms with Crippen LogP contribution >= 0.6 is 27.7 Å². The van der Waals surface area contributed by atoms with Crippen molar-refractivity contribution in [1.82, 2.24) is 4.90 Å². The van der Waals surface area contributed by atoms with Crippen molar-refractivity contribution in [2.75, 3.05) is 6.61 Å². The highest BCUT2D eigenvalue weighted by Gasteiger charge is 2.41. The van der Waals surface area contributed by atoms with E-state index in [0.717, 1.165) is 16.7 Å². The maximum Gasteiger partial charge on any atom is 0.329 e. The van der Waals surface area contributed by atoms with Crippen molar-refractivity contribution in [3.05, 3.63) is 68.8 Å². The van der Waals surface area contributed by atoms with E-state index < -0.39 is 23.2 Å². The number of rotatable bonds is 7. The molecule has 0 spiro atoms. The number of ether oxygens (including phenoxy) is 2. The first-order valence-electron chi connectivity index (χ1n) is 9.40. The molecule has 1 aliphatic rings. The van der Waals surface area contributed by atoms with Crippen molar-refractivity contribution < 1.29 is 28.2 Å². The first kappa shape index (κ1) is 23.0. The summed E-state index contributed by atoms with van der Waals surface area (Å²) in [7, 11) is 0. The molecule has 0 saturated carbocycles. The summed E-state index contributed by atoms with van der Waals surface area (Å²) in [6, 6.07) is 10.3. The van der Waals surface area contributed by atoms with Crippen molar-refractivity contribution in [2.24, 2.45) is 0 Å². The van der Waals surface area contributed by atoms with Gasteiger partial charge in [0.15, 0.2) is 0 Å². The Labute approximate surface area is 191 Å². The molecule has 2 aromatic rings. The Hall–Kier alpha value is -2.65. The van der Waals surface area contributed by atoms with Crippen LogP contribution in [0.2, 0.25) is 0 Å². The standard InChI is InChI=1S/C22H19BrFNO5S/c1-3-29-21(27)13(2)25-20(26)19(31-22(25)28)11-14-7-8-18(17(23)10-14)30-12-15-5-4-6-16(24)9-15/h4-11,13H,3,12H2,1-2H3/b19-11+/t13-/m0/s1. The summed E-state index contributed by atoms with van der Waals surface area (Å²) in [5, 5.41) is -0.522. The lowest BCUT2D eigenvalue weighted by Gasteiger charge is -2.19. The van der Waals surface area contributed by atoms with E-state index in [2.05, 4.69) is 15.9 Å². The third-order valence-electron chi connectivity index (χ3n) is 4.38. The molecule has 1 heterocycles. The Morgan fingerprint density at radius 3 is 2.71 bits per heavy atom. The molecule has 1 atom stereocenters. The fraction of sp³-hybridized carbons (Fsp3) is 0.227. The van der Waals surface area contributed by atoms with Crippen LogP contribution in [0.1, 0.15) is 25.0 Å². The maximum absolute atomic E-state index is 13.3. The average Bonchev–Trinajstić information content (AvgIpc) is 3.00. The second-order valence-corrected chi connectivity index (χ2v) is 8.44. The highest BCUT2D eigenvalue weighted by Crippen LogP contribution is 2.35. The van der Waals surface area contributed by atoms with Crippen molar-refractivity contribution in [1.29, 1.82) is 0 Å². The molecule has 31 heavy (non-hydrogen) atoms. The number of halogens is 2. The summed E-state index contributed by atoms with van der Waals surface area (Å²) >= 11 is 4.19. The highest BCUT2D eigenvalue weighted by molar-refractivity contribution is 9.10. The Morgan fingerprint density at radius 2 is 2.03 bits per heavy atom. The number of esters is 1. The first-order valence-corrected chi connectivity index (χ1v) is 11.0. The summed E-state index contributed by atoms with van der Waals surface area (Å²) in [5.41, 5.74) is 1.36. The predicted molar refractivity (Wildman–Crippen MR) is 119 cm³/mol. The SMILES string of the molecule is CCOC(=O)[C@H](C)N1C(=O)S/C(=C/c2ccc(OCc3cccc(F)c3)c(Br)c2)C1=O. The minimum absolute atomic E-state index is 0.164. The molecule has 1 aliphatic heterocycles. The van der Waals surface area contributed by atoms with E-state index in [1.54, 1.807) is 43.3 Å². The lowest BCUT2D eigenvalue weighted by atomic mass is 10.2. The molecule has 0 unspecified atom stereocenters. The van der Waals surface area contributed by atoms with E-state index in [1.165, 1.54) is 19.1 Å².